The predicted molar refractivity (Wildman–Crippen MR) is 103 cm³/mol. The third kappa shape index (κ3) is 5.60. The minimum atomic E-state index is -0.335. The molecule has 7 nitrogen and oxygen atoms in total. The lowest BCUT2D eigenvalue weighted by Crippen LogP contribution is -2.04. The van der Waals surface area contributed by atoms with E-state index in [4.69, 9.17) is 21.1 Å². The van der Waals surface area contributed by atoms with Gasteiger partial charge in [0.2, 0.25) is 5.13 Å². The van der Waals surface area contributed by atoms with Gasteiger partial charge in [0.05, 0.1) is 43.7 Å². The van der Waals surface area contributed by atoms with Crippen LogP contribution in [0.1, 0.15) is 25.1 Å². The Morgan fingerprint density at radius 2 is 2.12 bits per heavy atom. The van der Waals surface area contributed by atoms with Gasteiger partial charge >= 0.3 is 5.97 Å². The molecule has 2 rings (SSSR count). The van der Waals surface area contributed by atoms with Gasteiger partial charge in [0, 0.05) is 5.38 Å². The van der Waals surface area contributed by atoms with Crippen LogP contribution in [-0.2, 0) is 16.0 Å². The van der Waals surface area contributed by atoms with Gasteiger partial charge in [0.1, 0.15) is 0 Å². The zero-order valence-electron chi connectivity index (χ0n) is 14.7. The van der Waals surface area contributed by atoms with E-state index in [1.165, 1.54) is 18.4 Å². The number of carbonyl (C=O) groups excluding carboxylic acids is 1. The first-order valence-corrected chi connectivity index (χ1v) is 9.22. The Balaban J connectivity index is 2.07. The summed E-state index contributed by atoms with van der Waals surface area (Å²) in [6, 6.07) is 3.54. The Labute approximate surface area is 160 Å². The Morgan fingerprint density at radius 3 is 2.81 bits per heavy atom. The standard InChI is InChI=1S/C17H20ClN3O4S/c1-4-24-14-7-11(6-13(18)16(14)25-5-2)9-19-21-17-20-12(10-26-17)8-15(22)23-3/h6-7,9-10H,4-5,8H2,1-3H3,(H,20,21)/b19-9-. The highest BCUT2D eigenvalue weighted by Crippen LogP contribution is 2.36. The fourth-order valence-corrected chi connectivity index (χ4v) is 2.96. The van der Waals surface area contributed by atoms with Gasteiger partial charge in [-0.1, -0.05) is 11.6 Å². The summed E-state index contributed by atoms with van der Waals surface area (Å²) in [6.07, 6.45) is 1.73. The Morgan fingerprint density at radius 1 is 1.35 bits per heavy atom. The van der Waals surface area contributed by atoms with Crippen molar-refractivity contribution in [3.8, 4) is 11.5 Å². The Hall–Kier alpha value is -2.32. The molecule has 0 atom stereocenters. The number of rotatable bonds is 9. The van der Waals surface area contributed by atoms with E-state index in [9.17, 15) is 4.79 Å². The lowest BCUT2D eigenvalue weighted by atomic mass is 10.2. The molecular weight excluding hydrogens is 378 g/mol. The number of methoxy groups -OCH3 is 1. The van der Waals surface area contributed by atoms with E-state index >= 15 is 0 Å². The number of benzene rings is 1. The first-order chi connectivity index (χ1) is 12.6. The Kier molecular flexibility index (Phi) is 7.68. The van der Waals surface area contributed by atoms with Gasteiger partial charge in [0.25, 0.3) is 0 Å². The molecule has 0 bridgehead atoms. The van der Waals surface area contributed by atoms with Crippen LogP contribution in [0.25, 0.3) is 0 Å². The van der Waals surface area contributed by atoms with Crippen molar-refractivity contribution >= 4 is 40.3 Å². The first kappa shape index (κ1) is 20.0. The fourth-order valence-electron chi connectivity index (χ4n) is 2.03. The second-order valence-corrected chi connectivity index (χ2v) is 6.23. The number of nitrogens with zero attached hydrogens (tertiary/aromatic N) is 2. The van der Waals surface area contributed by atoms with Crippen molar-refractivity contribution in [2.24, 2.45) is 5.10 Å². The van der Waals surface area contributed by atoms with E-state index in [-0.39, 0.29) is 12.4 Å². The lowest BCUT2D eigenvalue weighted by molar-refractivity contribution is -0.139. The van der Waals surface area contributed by atoms with Crippen molar-refractivity contribution in [1.29, 1.82) is 0 Å². The molecule has 0 amide bonds. The van der Waals surface area contributed by atoms with E-state index in [0.717, 1.165) is 5.56 Å². The van der Waals surface area contributed by atoms with Crippen molar-refractivity contribution < 1.29 is 19.0 Å². The molecule has 2 aromatic rings. The molecular formula is C17H20ClN3O4S. The van der Waals surface area contributed by atoms with Crippen LogP contribution in [0, 0.1) is 0 Å². The smallest absolute Gasteiger partial charge is 0.311 e. The molecule has 0 saturated carbocycles. The third-order valence-electron chi connectivity index (χ3n) is 3.10. The van der Waals surface area contributed by atoms with Crippen LogP contribution in [0.4, 0.5) is 5.13 Å². The van der Waals surface area contributed by atoms with Crippen molar-refractivity contribution in [3.05, 3.63) is 33.8 Å². The van der Waals surface area contributed by atoms with E-state index in [1.54, 1.807) is 23.7 Å². The lowest BCUT2D eigenvalue weighted by Gasteiger charge is -2.13. The summed E-state index contributed by atoms with van der Waals surface area (Å²) in [7, 11) is 1.34. The van der Waals surface area contributed by atoms with Gasteiger partial charge in [-0.2, -0.15) is 5.10 Å². The topological polar surface area (TPSA) is 82.0 Å². The summed E-state index contributed by atoms with van der Waals surface area (Å²) in [5, 5.41) is 6.94. The molecule has 0 saturated heterocycles. The maximum atomic E-state index is 11.2. The maximum Gasteiger partial charge on any atom is 0.311 e. The quantitative estimate of drug-likeness (QED) is 0.394. The van der Waals surface area contributed by atoms with E-state index in [0.29, 0.717) is 40.6 Å². The number of hydrogen-bond donors (Lipinski definition) is 1. The zero-order valence-corrected chi connectivity index (χ0v) is 16.3. The molecule has 0 aliphatic rings. The van der Waals surface area contributed by atoms with Crippen molar-refractivity contribution in [3.63, 3.8) is 0 Å². The van der Waals surface area contributed by atoms with Crippen molar-refractivity contribution in [2.45, 2.75) is 20.3 Å². The molecule has 1 aromatic carbocycles. The van der Waals surface area contributed by atoms with E-state index in [2.05, 4.69) is 20.2 Å². The second-order valence-electron chi connectivity index (χ2n) is 4.96. The number of ether oxygens (including phenoxy) is 3. The average molecular weight is 398 g/mol. The highest BCUT2D eigenvalue weighted by Gasteiger charge is 2.11. The van der Waals surface area contributed by atoms with Crippen LogP contribution in [0.2, 0.25) is 5.02 Å². The highest BCUT2D eigenvalue weighted by atomic mass is 35.5. The molecule has 1 aromatic heterocycles. The van der Waals surface area contributed by atoms with Crippen LogP contribution < -0.4 is 14.9 Å². The average Bonchev–Trinajstić information content (AvgIpc) is 3.05. The number of halogens is 1. The minimum absolute atomic E-state index is 0.130. The molecule has 0 spiro atoms. The highest BCUT2D eigenvalue weighted by molar-refractivity contribution is 7.13. The SMILES string of the molecule is CCOc1cc(/C=N\Nc2nc(CC(=O)OC)cs2)cc(Cl)c1OCC. The number of thiazole rings is 1. The molecule has 26 heavy (non-hydrogen) atoms. The summed E-state index contributed by atoms with van der Waals surface area (Å²) >= 11 is 7.62. The van der Waals surface area contributed by atoms with Crippen LogP contribution in [0.3, 0.4) is 0 Å². The molecule has 0 radical (unpaired) electrons. The van der Waals surface area contributed by atoms with Crippen LogP contribution >= 0.6 is 22.9 Å². The van der Waals surface area contributed by atoms with Gasteiger partial charge in [-0.05, 0) is 31.5 Å². The molecule has 0 aliphatic heterocycles. The molecule has 1 heterocycles. The predicted octanol–water partition coefficient (Wildman–Crippen LogP) is 3.76. The number of hydrogen-bond acceptors (Lipinski definition) is 8. The number of carbonyl (C=O) groups is 1. The van der Waals surface area contributed by atoms with Crippen molar-refractivity contribution in [1.82, 2.24) is 4.98 Å². The zero-order chi connectivity index (χ0) is 18.9. The van der Waals surface area contributed by atoms with Gasteiger partial charge in [-0.3, -0.25) is 10.2 Å². The third-order valence-corrected chi connectivity index (χ3v) is 4.18. The van der Waals surface area contributed by atoms with Gasteiger partial charge in [-0.15, -0.1) is 11.3 Å². The van der Waals surface area contributed by atoms with Gasteiger partial charge in [0.15, 0.2) is 11.5 Å². The normalized spacial score (nSPS) is 10.8. The maximum absolute atomic E-state index is 11.2. The van der Waals surface area contributed by atoms with E-state index in [1.807, 2.05) is 13.8 Å². The number of anilines is 1. The summed E-state index contributed by atoms with van der Waals surface area (Å²) in [4.78, 5) is 15.5. The largest absolute Gasteiger partial charge is 0.490 e. The molecule has 0 unspecified atom stereocenters. The summed E-state index contributed by atoms with van der Waals surface area (Å²) in [5.74, 6) is 0.754. The monoisotopic (exact) mass is 397 g/mol. The van der Waals surface area contributed by atoms with Gasteiger partial charge in [-0.25, -0.2) is 4.98 Å². The molecule has 9 heteroatoms. The van der Waals surface area contributed by atoms with Crippen molar-refractivity contribution in [2.75, 3.05) is 25.7 Å². The fraction of sp³-hybridized carbons (Fsp3) is 0.353. The van der Waals surface area contributed by atoms with Crippen LogP contribution in [-0.4, -0.2) is 37.5 Å². The molecule has 0 aliphatic carbocycles. The first-order valence-electron chi connectivity index (χ1n) is 7.96. The molecule has 1 N–H and O–H groups in total. The number of esters is 1. The number of hydrazone groups is 1. The number of nitrogens with one attached hydrogen (secondary N) is 1. The summed E-state index contributed by atoms with van der Waals surface area (Å²) in [6.45, 7) is 4.76. The molecule has 140 valence electrons. The Bertz CT molecular complexity index is 779. The van der Waals surface area contributed by atoms with Crippen LogP contribution in [0.15, 0.2) is 22.6 Å². The van der Waals surface area contributed by atoms with Gasteiger partial charge < -0.3 is 14.2 Å². The molecule has 0 fully saturated rings. The minimum Gasteiger partial charge on any atom is -0.490 e. The van der Waals surface area contributed by atoms with Crippen LogP contribution in [0.5, 0.6) is 11.5 Å². The second kappa shape index (κ2) is 9.98. The number of aromatic nitrogens is 1. The van der Waals surface area contributed by atoms with E-state index < -0.39 is 0 Å². The summed E-state index contributed by atoms with van der Waals surface area (Å²) in [5.41, 5.74) is 4.20. The summed E-state index contributed by atoms with van der Waals surface area (Å²) < 4.78 is 15.7.